The summed E-state index contributed by atoms with van der Waals surface area (Å²) in [4.78, 5) is 25.8. The average molecular weight is 400 g/mol. The van der Waals surface area contributed by atoms with E-state index in [9.17, 15) is 18.0 Å². The average Bonchev–Trinajstić information content (AvgIpc) is 3.36. The molecule has 1 heterocycles. The number of amides is 2. The lowest BCUT2D eigenvalue weighted by Gasteiger charge is -2.34. The third-order valence-corrected chi connectivity index (χ3v) is 7.07. The molecule has 1 saturated carbocycles. The number of sulfonamides is 1. The van der Waals surface area contributed by atoms with E-state index in [1.165, 1.54) is 28.6 Å². The van der Waals surface area contributed by atoms with Crippen LogP contribution in [0, 0.1) is 11.8 Å². The summed E-state index contributed by atoms with van der Waals surface area (Å²) in [7, 11) is -3.60. The highest BCUT2D eigenvalue weighted by Gasteiger charge is 2.39. The summed E-state index contributed by atoms with van der Waals surface area (Å²) in [5, 5.41) is 3.14. The van der Waals surface area contributed by atoms with Crippen molar-refractivity contribution in [2.45, 2.75) is 18.2 Å². The van der Waals surface area contributed by atoms with Gasteiger partial charge in [0.15, 0.2) is 0 Å². The minimum atomic E-state index is -3.60. The first-order chi connectivity index (χ1) is 12.3. The van der Waals surface area contributed by atoms with E-state index in [0.717, 1.165) is 6.42 Å². The van der Waals surface area contributed by atoms with Crippen LogP contribution < -0.4 is 5.32 Å². The summed E-state index contributed by atoms with van der Waals surface area (Å²) < 4.78 is 26.6. The molecule has 0 radical (unpaired) electrons. The molecule has 0 bridgehead atoms. The Bertz CT molecular complexity index is 789. The zero-order valence-electron chi connectivity index (χ0n) is 14.5. The van der Waals surface area contributed by atoms with Crippen LogP contribution in [-0.2, 0) is 19.6 Å². The van der Waals surface area contributed by atoms with E-state index in [1.807, 2.05) is 6.92 Å². The number of halogens is 1. The number of carbonyl (C=O) groups excluding carboxylic acids is 2. The van der Waals surface area contributed by atoms with Crippen LogP contribution in [0.25, 0.3) is 0 Å². The molecule has 0 unspecified atom stereocenters. The molecule has 1 aliphatic heterocycles. The van der Waals surface area contributed by atoms with Crippen molar-refractivity contribution in [3.8, 4) is 0 Å². The number of piperazine rings is 1. The van der Waals surface area contributed by atoms with Gasteiger partial charge in [-0.2, -0.15) is 4.31 Å². The monoisotopic (exact) mass is 399 g/mol. The van der Waals surface area contributed by atoms with Gasteiger partial charge in [-0.15, -0.1) is 0 Å². The maximum Gasteiger partial charge on any atom is 0.243 e. The van der Waals surface area contributed by atoms with Crippen molar-refractivity contribution in [2.75, 3.05) is 32.7 Å². The van der Waals surface area contributed by atoms with Gasteiger partial charge in [-0.25, -0.2) is 8.42 Å². The second-order valence-electron chi connectivity index (χ2n) is 6.78. The normalized spacial score (nSPS) is 23.5. The van der Waals surface area contributed by atoms with E-state index in [4.69, 9.17) is 11.6 Å². The van der Waals surface area contributed by atoms with Crippen molar-refractivity contribution in [3.05, 3.63) is 29.3 Å². The Labute approximate surface area is 158 Å². The molecule has 0 aromatic heterocycles. The Morgan fingerprint density at radius 1 is 1.15 bits per heavy atom. The van der Waals surface area contributed by atoms with Gasteiger partial charge < -0.3 is 10.2 Å². The number of hydrogen-bond donors (Lipinski definition) is 1. The fourth-order valence-electron chi connectivity index (χ4n) is 3.03. The third-order valence-electron chi connectivity index (χ3n) is 4.90. The Kier molecular flexibility index (Phi) is 5.55. The summed E-state index contributed by atoms with van der Waals surface area (Å²) in [5.74, 6) is 0.167. The minimum absolute atomic E-state index is 0.0316. The fourth-order valence-corrected chi connectivity index (χ4v) is 4.57. The molecule has 1 aromatic rings. The van der Waals surface area contributed by atoms with Gasteiger partial charge in [-0.1, -0.05) is 18.5 Å². The number of hydrogen-bond acceptors (Lipinski definition) is 4. The molecule has 2 aliphatic rings. The molecule has 9 heteroatoms. The first-order valence-electron chi connectivity index (χ1n) is 8.60. The van der Waals surface area contributed by atoms with Crippen molar-refractivity contribution < 1.29 is 18.0 Å². The van der Waals surface area contributed by atoms with E-state index in [1.54, 1.807) is 4.90 Å². The van der Waals surface area contributed by atoms with E-state index in [-0.39, 0.29) is 42.3 Å². The number of rotatable bonds is 5. The minimum Gasteiger partial charge on any atom is -0.347 e. The Hall–Kier alpha value is -1.64. The zero-order chi connectivity index (χ0) is 18.9. The molecular formula is C17H22ClN3O4S. The van der Waals surface area contributed by atoms with Crippen LogP contribution in [0.4, 0.5) is 0 Å². The highest BCUT2D eigenvalue weighted by molar-refractivity contribution is 7.89. The van der Waals surface area contributed by atoms with Crippen LogP contribution in [-0.4, -0.2) is 62.2 Å². The largest absolute Gasteiger partial charge is 0.347 e. The molecule has 2 fully saturated rings. The summed E-state index contributed by atoms with van der Waals surface area (Å²) in [6.45, 7) is 3.04. The lowest BCUT2D eigenvalue weighted by Crippen LogP contribution is -2.52. The quantitative estimate of drug-likeness (QED) is 0.798. The maximum absolute atomic E-state index is 12.6. The van der Waals surface area contributed by atoms with E-state index >= 15 is 0 Å². The molecule has 142 valence electrons. The van der Waals surface area contributed by atoms with Gasteiger partial charge in [-0.05, 0) is 36.6 Å². The van der Waals surface area contributed by atoms with Crippen molar-refractivity contribution in [1.82, 2.24) is 14.5 Å². The molecule has 2 atom stereocenters. The lowest BCUT2D eigenvalue weighted by molar-refractivity contribution is -0.134. The predicted octanol–water partition coefficient (Wildman–Crippen LogP) is 0.945. The second kappa shape index (κ2) is 7.54. The summed E-state index contributed by atoms with van der Waals surface area (Å²) in [6, 6.07) is 6.03. The van der Waals surface area contributed by atoms with Crippen molar-refractivity contribution >= 4 is 33.4 Å². The van der Waals surface area contributed by atoms with Crippen molar-refractivity contribution in [2.24, 2.45) is 11.8 Å². The topological polar surface area (TPSA) is 86.8 Å². The van der Waals surface area contributed by atoms with Crippen LogP contribution in [0.3, 0.4) is 0 Å². The molecule has 1 aromatic carbocycles. The van der Waals surface area contributed by atoms with Gasteiger partial charge in [0.25, 0.3) is 0 Å². The first kappa shape index (κ1) is 19.1. The molecule has 2 amide bonds. The van der Waals surface area contributed by atoms with Crippen LogP contribution in [0.2, 0.25) is 5.02 Å². The van der Waals surface area contributed by atoms with Gasteiger partial charge in [0, 0.05) is 37.1 Å². The first-order valence-corrected chi connectivity index (χ1v) is 10.4. The molecule has 0 spiro atoms. The molecule has 1 aliphatic carbocycles. The lowest BCUT2D eigenvalue weighted by atomic mass is 10.3. The van der Waals surface area contributed by atoms with Crippen molar-refractivity contribution in [3.63, 3.8) is 0 Å². The maximum atomic E-state index is 12.6. The van der Waals surface area contributed by atoms with Crippen LogP contribution >= 0.6 is 11.6 Å². The number of nitrogens with zero attached hydrogens (tertiary/aromatic N) is 2. The number of nitrogens with one attached hydrogen (secondary N) is 1. The van der Waals surface area contributed by atoms with Crippen molar-refractivity contribution in [1.29, 1.82) is 0 Å². The van der Waals surface area contributed by atoms with Gasteiger partial charge in [0.2, 0.25) is 21.8 Å². The SMILES string of the molecule is C[C@@H]1C[C@@H]1C(=O)NCC(=O)N1CCN(S(=O)(=O)c2ccc(Cl)cc2)CC1. The number of carbonyl (C=O) groups is 2. The predicted molar refractivity (Wildman–Crippen MR) is 97.1 cm³/mol. The molecule has 3 rings (SSSR count). The third kappa shape index (κ3) is 4.19. The molecule has 1 N–H and O–H groups in total. The van der Waals surface area contributed by atoms with E-state index in [2.05, 4.69) is 5.32 Å². The Balaban J connectivity index is 1.51. The smallest absolute Gasteiger partial charge is 0.243 e. The van der Waals surface area contributed by atoms with Crippen LogP contribution in [0.5, 0.6) is 0 Å². The highest BCUT2D eigenvalue weighted by atomic mass is 35.5. The fraction of sp³-hybridized carbons (Fsp3) is 0.529. The Morgan fingerprint density at radius 3 is 2.27 bits per heavy atom. The Morgan fingerprint density at radius 2 is 1.73 bits per heavy atom. The van der Waals surface area contributed by atoms with Gasteiger partial charge in [-0.3, -0.25) is 9.59 Å². The molecule has 26 heavy (non-hydrogen) atoms. The highest BCUT2D eigenvalue weighted by Crippen LogP contribution is 2.37. The summed E-state index contributed by atoms with van der Waals surface area (Å²) >= 11 is 5.80. The van der Waals surface area contributed by atoms with E-state index < -0.39 is 10.0 Å². The standard InChI is InChI=1S/C17H22ClN3O4S/c1-12-10-15(12)17(23)19-11-16(22)20-6-8-21(9-7-20)26(24,25)14-4-2-13(18)3-5-14/h2-5,12,15H,6-11H2,1H3,(H,19,23)/t12-,15+/m1/s1. The summed E-state index contributed by atoms with van der Waals surface area (Å²) in [5.41, 5.74) is 0. The number of benzene rings is 1. The molecular weight excluding hydrogens is 378 g/mol. The van der Waals surface area contributed by atoms with Gasteiger partial charge >= 0.3 is 0 Å². The second-order valence-corrected chi connectivity index (χ2v) is 9.15. The molecule has 1 saturated heterocycles. The van der Waals surface area contributed by atoms with Gasteiger partial charge in [0.1, 0.15) is 0 Å². The van der Waals surface area contributed by atoms with Crippen LogP contribution in [0.15, 0.2) is 29.2 Å². The van der Waals surface area contributed by atoms with Gasteiger partial charge in [0.05, 0.1) is 11.4 Å². The molecule has 7 nitrogen and oxygen atoms in total. The zero-order valence-corrected chi connectivity index (χ0v) is 16.1. The van der Waals surface area contributed by atoms with Crippen LogP contribution in [0.1, 0.15) is 13.3 Å². The summed E-state index contributed by atoms with van der Waals surface area (Å²) in [6.07, 6.45) is 0.876. The van der Waals surface area contributed by atoms with E-state index in [0.29, 0.717) is 24.0 Å².